The number of nitrogens with zero attached hydrogens (tertiary/aromatic N) is 3. The summed E-state index contributed by atoms with van der Waals surface area (Å²) in [6, 6.07) is -0.194. The van der Waals surface area contributed by atoms with Crippen LogP contribution >= 0.6 is 11.6 Å². The number of anilines is 1. The van der Waals surface area contributed by atoms with Gasteiger partial charge < -0.3 is 10.0 Å². The monoisotopic (exact) mass is 291 g/mol. The van der Waals surface area contributed by atoms with Crippen molar-refractivity contribution in [3.8, 4) is 0 Å². The van der Waals surface area contributed by atoms with Gasteiger partial charge in [-0.3, -0.25) is 0 Å². The second-order valence-corrected chi connectivity index (χ2v) is 6.87. The lowest BCUT2D eigenvalue weighted by Gasteiger charge is -2.35. The maximum atomic E-state index is 11.5. The minimum atomic E-state index is -2.98. The van der Waals surface area contributed by atoms with Crippen LogP contribution in [0.4, 0.5) is 5.82 Å². The van der Waals surface area contributed by atoms with Crippen molar-refractivity contribution in [1.82, 2.24) is 9.97 Å². The number of halogens is 1. The lowest BCUT2D eigenvalue weighted by Crippen LogP contribution is -2.47. The van der Waals surface area contributed by atoms with Crippen LogP contribution in [0.25, 0.3) is 0 Å². The molecular formula is C10H14ClN3O3S. The molecule has 18 heavy (non-hydrogen) atoms. The van der Waals surface area contributed by atoms with E-state index in [1.165, 1.54) is 6.33 Å². The first-order valence-electron chi connectivity index (χ1n) is 5.52. The third-order valence-corrected chi connectivity index (χ3v) is 5.09. The average Bonchev–Trinajstić information content (AvgIpc) is 2.27. The molecule has 2 heterocycles. The lowest BCUT2D eigenvalue weighted by molar-refractivity contribution is 0.281. The normalized spacial score (nSPS) is 23.1. The molecule has 1 aliphatic rings. The zero-order chi connectivity index (χ0) is 13.3. The van der Waals surface area contributed by atoms with E-state index in [1.54, 1.807) is 0 Å². The molecule has 6 nitrogen and oxygen atoms in total. The van der Waals surface area contributed by atoms with Gasteiger partial charge >= 0.3 is 0 Å². The maximum Gasteiger partial charge on any atom is 0.154 e. The predicted molar refractivity (Wildman–Crippen MR) is 68.4 cm³/mol. The van der Waals surface area contributed by atoms with Crippen molar-refractivity contribution in [3.05, 3.63) is 17.0 Å². The Bertz CT molecular complexity index is 549. The highest BCUT2D eigenvalue weighted by molar-refractivity contribution is 7.91. The number of aliphatic hydroxyl groups excluding tert-OH is 1. The molecule has 1 unspecified atom stereocenters. The fraction of sp³-hybridized carbons (Fsp3) is 0.600. The fourth-order valence-corrected chi connectivity index (χ4v) is 3.82. The Kier molecular flexibility index (Phi) is 3.74. The zero-order valence-corrected chi connectivity index (χ0v) is 11.4. The van der Waals surface area contributed by atoms with E-state index in [0.717, 1.165) is 0 Å². The standard InChI is InChI=1S/C10H14ClN3O3S/c1-7-5-18(16,17)3-2-14(7)10-8(4-15)9(11)12-6-13-10/h6-7,15H,2-5H2,1H3. The molecule has 0 saturated carbocycles. The first-order chi connectivity index (χ1) is 8.44. The van der Waals surface area contributed by atoms with E-state index in [1.807, 2.05) is 11.8 Å². The molecule has 0 aliphatic carbocycles. The van der Waals surface area contributed by atoms with Crippen molar-refractivity contribution < 1.29 is 13.5 Å². The van der Waals surface area contributed by atoms with Gasteiger partial charge in [0.05, 0.1) is 23.7 Å². The molecule has 1 aromatic rings. The summed E-state index contributed by atoms with van der Waals surface area (Å²) in [4.78, 5) is 9.76. The Morgan fingerprint density at radius 3 is 2.89 bits per heavy atom. The van der Waals surface area contributed by atoms with Crippen LogP contribution in [0.2, 0.25) is 5.15 Å². The molecule has 1 atom stereocenters. The van der Waals surface area contributed by atoms with Crippen LogP contribution in [0.3, 0.4) is 0 Å². The van der Waals surface area contributed by atoms with Gasteiger partial charge in [-0.2, -0.15) is 0 Å². The molecule has 1 fully saturated rings. The van der Waals surface area contributed by atoms with E-state index in [4.69, 9.17) is 11.6 Å². The zero-order valence-electron chi connectivity index (χ0n) is 9.87. The number of hydrogen-bond donors (Lipinski definition) is 1. The molecule has 100 valence electrons. The molecule has 1 aromatic heterocycles. The predicted octanol–water partition coefficient (Wildman–Crippen LogP) is 0.246. The number of aliphatic hydroxyl groups is 1. The summed E-state index contributed by atoms with van der Waals surface area (Å²) < 4.78 is 23.0. The highest BCUT2D eigenvalue weighted by Crippen LogP contribution is 2.26. The van der Waals surface area contributed by atoms with Crippen molar-refractivity contribution in [2.45, 2.75) is 19.6 Å². The molecule has 0 amide bonds. The quantitative estimate of drug-likeness (QED) is 0.786. The molecule has 1 saturated heterocycles. The SMILES string of the molecule is CC1CS(=O)(=O)CCN1c1ncnc(Cl)c1CO. The van der Waals surface area contributed by atoms with Crippen LogP contribution in [0.5, 0.6) is 0 Å². The van der Waals surface area contributed by atoms with Crippen LogP contribution in [0.15, 0.2) is 6.33 Å². The minimum Gasteiger partial charge on any atom is -0.391 e. The van der Waals surface area contributed by atoms with Gasteiger partial charge in [0.15, 0.2) is 9.84 Å². The number of rotatable bonds is 2. The molecule has 1 N–H and O–H groups in total. The van der Waals surface area contributed by atoms with E-state index in [9.17, 15) is 13.5 Å². The second-order valence-electron chi connectivity index (χ2n) is 4.28. The molecule has 0 aromatic carbocycles. The summed E-state index contributed by atoms with van der Waals surface area (Å²) in [7, 11) is -2.98. The lowest BCUT2D eigenvalue weighted by atomic mass is 10.2. The third-order valence-electron chi connectivity index (χ3n) is 2.97. The summed E-state index contributed by atoms with van der Waals surface area (Å²) in [5.41, 5.74) is 0.435. The van der Waals surface area contributed by atoms with Crippen LogP contribution in [-0.4, -0.2) is 47.6 Å². The molecule has 1 aliphatic heterocycles. The van der Waals surface area contributed by atoms with E-state index in [0.29, 0.717) is 17.9 Å². The van der Waals surface area contributed by atoms with E-state index in [-0.39, 0.29) is 29.3 Å². The Morgan fingerprint density at radius 1 is 1.56 bits per heavy atom. The van der Waals surface area contributed by atoms with Crippen molar-refractivity contribution in [2.24, 2.45) is 0 Å². The van der Waals surface area contributed by atoms with Crippen LogP contribution in [-0.2, 0) is 16.4 Å². The summed E-state index contributed by atoms with van der Waals surface area (Å²) in [5, 5.41) is 9.51. The smallest absolute Gasteiger partial charge is 0.154 e. The first-order valence-corrected chi connectivity index (χ1v) is 7.72. The van der Waals surface area contributed by atoms with Gasteiger partial charge in [-0.1, -0.05) is 11.6 Å². The van der Waals surface area contributed by atoms with Crippen molar-refractivity contribution in [1.29, 1.82) is 0 Å². The molecule has 0 spiro atoms. The van der Waals surface area contributed by atoms with Crippen LogP contribution < -0.4 is 4.90 Å². The molecule has 0 radical (unpaired) electrons. The third kappa shape index (κ3) is 2.57. The Labute approximate surface area is 111 Å². The van der Waals surface area contributed by atoms with Crippen molar-refractivity contribution in [2.75, 3.05) is 23.0 Å². The topological polar surface area (TPSA) is 83.4 Å². The summed E-state index contributed by atoms with van der Waals surface area (Å²) in [5.74, 6) is 0.684. The average molecular weight is 292 g/mol. The van der Waals surface area contributed by atoms with Crippen LogP contribution in [0.1, 0.15) is 12.5 Å². The highest BCUT2D eigenvalue weighted by atomic mass is 35.5. The van der Waals surface area contributed by atoms with Gasteiger partial charge in [-0.05, 0) is 6.92 Å². The van der Waals surface area contributed by atoms with Crippen LogP contribution in [0, 0.1) is 0 Å². The van der Waals surface area contributed by atoms with Crippen molar-refractivity contribution >= 4 is 27.3 Å². The van der Waals surface area contributed by atoms with Gasteiger partial charge in [-0.15, -0.1) is 0 Å². The number of aromatic nitrogens is 2. The number of hydrogen-bond acceptors (Lipinski definition) is 6. The van der Waals surface area contributed by atoms with Gasteiger partial charge in [0.25, 0.3) is 0 Å². The summed E-state index contributed by atoms with van der Waals surface area (Å²) in [6.07, 6.45) is 1.31. The minimum absolute atomic E-state index is 0.0828. The maximum absolute atomic E-state index is 11.5. The molecule has 0 bridgehead atoms. The second kappa shape index (κ2) is 4.99. The Hall–Kier alpha value is -0.920. The van der Waals surface area contributed by atoms with Gasteiger partial charge in [0, 0.05) is 12.6 Å². The molecule has 8 heteroatoms. The van der Waals surface area contributed by atoms with E-state index in [2.05, 4.69) is 9.97 Å². The number of sulfone groups is 1. The summed E-state index contributed by atoms with van der Waals surface area (Å²) >= 11 is 5.90. The largest absolute Gasteiger partial charge is 0.391 e. The van der Waals surface area contributed by atoms with Gasteiger partial charge in [0.1, 0.15) is 17.3 Å². The van der Waals surface area contributed by atoms with Gasteiger partial charge in [0.2, 0.25) is 0 Å². The summed E-state index contributed by atoms with van der Waals surface area (Å²) in [6.45, 7) is 1.89. The Balaban J connectivity index is 2.36. The molecule has 2 rings (SSSR count). The fourth-order valence-electron chi connectivity index (χ4n) is 2.08. The molecular weight excluding hydrogens is 278 g/mol. The van der Waals surface area contributed by atoms with Gasteiger partial charge in [-0.25, -0.2) is 18.4 Å². The highest BCUT2D eigenvalue weighted by Gasteiger charge is 2.30. The first kappa shape index (κ1) is 13.5. The van der Waals surface area contributed by atoms with Crippen molar-refractivity contribution in [3.63, 3.8) is 0 Å². The van der Waals surface area contributed by atoms with E-state index < -0.39 is 9.84 Å². The van der Waals surface area contributed by atoms with E-state index >= 15 is 0 Å². The Morgan fingerprint density at radius 2 is 2.28 bits per heavy atom.